The van der Waals surface area contributed by atoms with Crippen molar-refractivity contribution in [3.8, 4) is 0 Å². The second kappa shape index (κ2) is 9.57. The molecule has 2 aliphatic rings. The van der Waals surface area contributed by atoms with Crippen LogP contribution in [0.2, 0.25) is 0 Å². The molecule has 0 N–H and O–H groups in total. The molecule has 2 saturated heterocycles. The van der Waals surface area contributed by atoms with Gasteiger partial charge in [0, 0.05) is 43.2 Å². The minimum atomic E-state index is -0.546. The highest BCUT2D eigenvalue weighted by Crippen LogP contribution is 2.30. The van der Waals surface area contributed by atoms with E-state index in [9.17, 15) is 4.79 Å². The Balaban J connectivity index is 1.81. The summed E-state index contributed by atoms with van der Waals surface area (Å²) < 4.78 is 11.0. The summed E-state index contributed by atoms with van der Waals surface area (Å²) >= 11 is 0. The largest absolute Gasteiger partial charge is 0.379 e. The Bertz CT molecular complexity index is 587. The van der Waals surface area contributed by atoms with Crippen molar-refractivity contribution in [2.24, 2.45) is 0 Å². The maximum Gasteiger partial charge on any atom is 0.184 e. The molecule has 0 amide bonds. The van der Waals surface area contributed by atoms with E-state index in [1.165, 1.54) is 4.90 Å². The first-order valence-electron chi connectivity index (χ1n) is 9.12. The van der Waals surface area contributed by atoms with Crippen LogP contribution in [0, 0.1) is 0 Å². The number of ether oxygens (including phenoxy) is 2. The second-order valence-corrected chi connectivity index (χ2v) is 9.34. The second-order valence-electron chi connectivity index (χ2n) is 6.87. The third-order valence-corrected chi connectivity index (χ3v) is 6.84. The van der Waals surface area contributed by atoms with Crippen molar-refractivity contribution in [2.45, 2.75) is 17.4 Å². The van der Waals surface area contributed by atoms with Crippen molar-refractivity contribution in [1.82, 2.24) is 9.80 Å². The molecular weight excluding hydrogens is 368 g/mol. The molecule has 144 valence electrons. The predicted molar refractivity (Wildman–Crippen MR) is 108 cm³/mol. The Morgan fingerprint density at radius 2 is 1.62 bits per heavy atom. The third kappa shape index (κ3) is 4.82. The van der Waals surface area contributed by atoms with E-state index in [0.717, 1.165) is 51.5 Å². The molecular formula is C19H28N2O3S2. The van der Waals surface area contributed by atoms with Crippen LogP contribution in [0.15, 0.2) is 29.2 Å². The van der Waals surface area contributed by atoms with Gasteiger partial charge in [0.15, 0.2) is 5.78 Å². The van der Waals surface area contributed by atoms with Crippen LogP contribution in [0.25, 0.3) is 0 Å². The highest BCUT2D eigenvalue weighted by atomic mass is 33.1. The Kier molecular flexibility index (Phi) is 7.43. The number of ketones is 1. The van der Waals surface area contributed by atoms with Crippen LogP contribution in [0.1, 0.15) is 17.3 Å². The van der Waals surface area contributed by atoms with Crippen LogP contribution < -0.4 is 0 Å². The molecule has 1 atom stereocenters. The van der Waals surface area contributed by atoms with E-state index in [1.54, 1.807) is 21.6 Å². The quantitative estimate of drug-likeness (QED) is 0.518. The summed E-state index contributed by atoms with van der Waals surface area (Å²) in [5.74, 6) is 0.201. The lowest BCUT2D eigenvalue weighted by Crippen LogP contribution is -2.62. The Hall–Kier alpha value is -0.570. The minimum absolute atomic E-state index is 0.201. The van der Waals surface area contributed by atoms with Crippen molar-refractivity contribution in [1.29, 1.82) is 0 Å². The molecule has 1 unspecified atom stereocenters. The van der Waals surface area contributed by atoms with Crippen LogP contribution >= 0.6 is 21.6 Å². The molecule has 26 heavy (non-hydrogen) atoms. The Labute approximate surface area is 164 Å². The van der Waals surface area contributed by atoms with Gasteiger partial charge in [0.2, 0.25) is 0 Å². The zero-order valence-electron chi connectivity index (χ0n) is 15.6. The molecule has 1 aromatic carbocycles. The molecule has 1 aromatic rings. The molecule has 0 saturated carbocycles. The number of carbonyl (C=O) groups is 1. The van der Waals surface area contributed by atoms with E-state index in [1.807, 2.05) is 24.3 Å². The first-order valence-corrected chi connectivity index (χ1v) is 11.7. The van der Waals surface area contributed by atoms with E-state index < -0.39 is 5.54 Å². The van der Waals surface area contributed by atoms with Crippen LogP contribution in [-0.4, -0.2) is 86.5 Å². The lowest BCUT2D eigenvalue weighted by molar-refractivity contribution is -0.0332. The van der Waals surface area contributed by atoms with Gasteiger partial charge in [-0.3, -0.25) is 14.6 Å². The van der Waals surface area contributed by atoms with Crippen LogP contribution in [0.4, 0.5) is 0 Å². The van der Waals surface area contributed by atoms with Gasteiger partial charge >= 0.3 is 0 Å². The minimum Gasteiger partial charge on any atom is -0.379 e. The summed E-state index contributed by atoms with van der Waals surface area (Å²) in [6, 6.07) is 8.03. The maximum absolute atomic E-state index is 13.6. The van der Waals surface area contributed by atoms with E-state index >= 15 is 0 Å². The smallest absolute Gasteiger partial charge is 0.184 e. The van der Waals surface area contributed by atoms with E-state index in [0.29, 0.717) is 13.2 Å². The zero-order chi connectivity index (χ0) is 18.4. The van der Waals surface area contributed by atoms with Crippen molar-refractivity contribution in [2.75, 3.05) is 65.4 Å². The molecule has 7 heteroatoms. The van der Waals surface area contributed by atoms with Crippen molar-refractivity contribution in [3.05, 3.63) is 29.8 Å². The molecule has 0 aliphatic carbocycles. The lowest BCUT2D eigenvalue weighted by atomic mass is 9.88. The Morgan fingerprint density at radius 3 is 2.19 bits per heavy atom. The molecule has 0 bridgehead atoms. The number of benzene rings is 1. The number of morpholine rings is 2. The molecule has 0 aromatic heterocycles. The fourth-order valence-corrected chi connectivity index (χ4v) is 4.99. The molecule has 5 nitrogen and oxygen atoms in total. The van der Waals surface area contributed by atoms with Crippen molar-refractivity contribution < 1.29 is 14.3 Å². The van der Waals surface area contributed by atoms with Crippen molar-refractivity contribution >= 4 is 27.4 Å². The van der Waals surface area contributed by atoms with Gasteiger partial charge in [0.05, 0.1) is 32.0 Å². The summed E-state index contributed by atoms with van der Waals surface area (Å²) in [7, 11) is 3.43. The molecule has 2 aliphatic heterocycles. The van der Waals surface area contributed by atoms with Crippen LogP contribution in [-0.2, 0) is 9.47 Å². The summed E-state index contributed by atoms with van der Waals surface area (Å²) in [6.45, 7) is 9.07. The number of rotatable bonds is 7. The first-order chi connectivity index (χ1) is 12.6. The summed E-state index contributed by atoms with van der Waals surface area (Å²) in [4.78, 5) is 19.4. The predicted octanol–water partition coefficient (Wildman–Crippen LogP) is 2.66. The number of Topliss-reactive ketones (excluding diaryl/α,β-unsaturated/α-hetero) is 1. The summed E-state index contributed by atoms with van der Waals surface area (Å²) in [5.41, 5.74) is 0.243. The van der Waals surface area contributed by atoms with Gasteiger partial charge in [-0.15, -0.1) is 0 Å². The highest BCUT2D eigenvalue weighted by Gasteiger charge is 2.42. The van der Waals surface area contributed by atoms with Gasteiger partial charge in [-0.05, 0) is 25.3 Å². The van der Waals surface area contributed by atoms with E-state index in [2.05, 4.69) is 23.0 Å². The Morgan fingerprint density at radius 1 is 1.04 bits per heavy atom. The average Bonchev–Trinajstić information content (AvgIpc) is 2.69. The number of hydrogen-bond acceptors (Lipinski definition) is 7. The molecule has 0 radical (unpaired) electrons. The number of nitrogens with zero attached hydrogens (tertiary/aromatic N) is 2. The monoisotopic (exact) mass is 396 g/mol. The third-order valence-electron chi connectivity index (χ3n) is 5.13. The summed E-state index contributed by atoms with van der Waals surface area (Å²) in [6.07, 6.45) is 2.06. The molecule has 0 spiro atoms. The SMILES string of the molecule is CSSc1ccc(C(=O)C(C)(CN2CCOCC2)N2CCOCC2)cc1. The molecule has 2 fully saturated rings. The van der Waals surface area contributed by atoms with Gasteiger partial charge < -0.3 is 9.47 Å². The van der Waals surface area contributed by atoms with Gasteiger partial charge in [-0.1, -0.05) is 33.7 Å². The first kappa shape index (κ1) is 20.2. The molecule has 2 heterocycles. The van der Waals surface area contributed by atoms with Gasteiger partial charge in [0.25, 0.3) is 0 Å². The number of carbonyl (C=O) groups excluding carboxylic acids is 1. The standard InChI is InChI=1S/C19H28N2O3S2/c1-19(21-9-13-24-14-10-21,15-20-7-11-23-12-8-20)18(22)16-3-5-17(6-4-16)26-25-2/h3-6H,7-15H2,1-2H3. The van der Waals surface area contributed by atoms with Gasteiger partial charge in [0.1, 0.15) is 0 Å². The zero-order valence-corrected chi connectivity index (χ0v) is 17.2. The average molecular weight is 397 g/mol. The van der Waals surface area contributed by atoms with E-state index in [-0.39, 0.29) is 5.78 Å². The van der Waals surface area contributed by atoms with Crippen molar-refractivity contribution in [3.63, 3.8) is 0 Å². The van der Waals surface area contributed by atoms with Gasteiger partial charge in [-0.2, -0.15) is 0 Å². The molecule has 3 rings (SSSR count). The fraction of sp³-hybridized carbons (Fsp3) is 0.632. The van der Waals surface area contributed by atoms with Crippen LogP contribution in [0.5, 0.6) is 0 Å². The fourth-order valence-electron chi connectivity index (χ4n) is 3.64. The maximum atomic E-state index is 13.6. The van der Waals surface area contributed by atoms with Crippen LogP contribution in [0.3, 0.4) is 0 Å². The van der Waals surface area contributed by atoms with Gasteiger partial charge in [-0.25, -0.2) is 0 Å². The topological polar surface area (TPSA) is 42.0 Å². The number of hydrogen-bond donors (Lipinski definition) is 0. The normalized spacial score (nSPS) is 22.1. The lowest BCUT2D eigenvalue weighted by Gasteiger charge is -2.45. The van der Waals surface area contributed by atoms with E-state index in [4.69, 9.17) is 9.47 Å². The summed E-state index contributed by atoms with van der Waals surface area (Å²) in [5, 5.41) is 0. The highest BCUT2D eigenvalue weighted by molar-refractivity contribution is 8.76.